The molecule has 0 N–H and O–H groups in total. The van der Waals surface area contributed by atoms with E-state index in [-0.39, 0.29) is 22.4 Å². The minimum absolute atomic E-state index is 0.161. The van der Waals surface area contributed by atoms with Crippen LogP contribution in [0.2, 0.25) is 5.02 Å². The zero-order chi connectivity index (χ0) is 21.7. The summed E-state index contributed by atoms with van der Waals surface area (Å²) in [5.41, 5.74) is -0.206. The van der Waals surface area contributed by atoms with Crippen LogP contribution >= 0.6 is 11.6 Å². The van der Waals surface area contributed by atoms with E-state index in [4.69, 9.17) is 11.6 Å². The highest BCUT2D eigenvalue weighted by Crippen LogP contribution is 2.30. The number of nitrogens with zero attached hydrogens (tertiary/aromatic N) is 3. The summed E-state index contributed by atoms with van der Waals surface area (Å²) in [6.45, 7) is 0.796. The molecule has 1 amide bonds. The van der Waals surface area contributed by atoms with E-state index in [0.29, 0.717) is 18.8 Å². The highest BCUT2D eigenvalue weighted by molar-refractivity contribution is 7.92. The summed E-state index contributed by atoms with van der Waals surface area (Å²) < 4.78 is 27.8. The fourth-order valence-electron chi connectivity index (χ4n) is 3.37. The maximum absolute atomic E-state index is 13.4. The number of anilines is 1. The van der Waals surface area contributed by atoms with Crippen molar-refractivity contribution < 1.29 is 18.1 Å². The number of rotatable bonds is 6. The van der Waals surface area contributed by atoms with Gasteiger partial charge < -0.3 is 4.90 Å². The quantitative estimate of drug-likeness (QED) is 0.490. The van der Waals surface area contributed by atoms with Gasteiger partial charge in [0.2, 0.25) is 5.91 Å². The Hall–Kier alpha value is -2.65. The molecule has 8 nitrogen and oxygen atoms in total. The van der Waals surface area contributed by atoms with Crippen molar-refractivity contribution >= 4 is 38.9 Å². The first kappa shape index (κ1) is 22.0. The molecule has 30 heavy (non-hydrogen) atoms. The molecule has 1 aliphatic heterocycles. The van der Waals surface area contributed by atoms with E-state index in [1.807, 2.05) is 0 Å². The first-order valence-electron chi connectivity index (χ1n) is 9.60. The van der Waals surface area contributed by atoms with Gasteiger partial charge in [-0.15, -0.1) is 0 Å². The van der Waals surface area contributed by atoms with Crippen molar-refractivity contribution in [3.05, 3.63) is 63.7 Å². The number of para-hydroxylation sites is 1. The second kappa shape index (κ2) is 9.44. The molecule has 1 aliphatic rings. The summed E-state index contributed by atoms with van der Waals surface area (Å²) in [6, 6.07) is 11.5. The van der Waals surface area contributed by atoms with Gasteiger partial charge in [-0.3, -0.25) is 19.2 Å². The van der Waals surface area contributed by atoms with Gasteiger partial charge in [0.15, 0.2) is 0 Å². The normalized spacial score (nSPS) is 14.8. The molecule has 2 aromatic carbocycles. The van der Waals surface area contributed by atoms with Crippen LogP contribution in [-0.2, 0) is 14.8 Å². The van der Waals surface area contributed by atoms with Gasteiger partial charge in [-0.1, -0.05) is 42.6 Å². The number of carbonyl (C=O) groups is 1. The van der Waals surface area contributed by atoms with Gasteiger partial charge >= 0.3 is 0 Å². The highest BCUT2D eigenvalue weighted by atomic mass is 35.5. The third kappa shape index (κ3) is 4.91. The van der Waals surface area contributed by atoms with E-state index in [2.05, 4.69) is 0 Å². The maximum Gasteiger partial charge on any atom is 0.289 e. The summed E-state index contributed by atoms with van der Waals surface area (Å²) in [4.78, 5) is 24.8. The molecule has 0 aromatic heterocycles. The molecule has 1 fully saturated rings. The fourth-order valence-corrected chi connectivity index (χ4v) is 4.99. The minimum Gasteiger partial charge on any atom is -0.341 e. The molecule has 0 radical (unpaired) electrons. The van der Waals surface area contributed by atoms with E-state index in [0.717, 1.165) is 36.1 Å². The third-order valence-electron chi connectivity index (χ3n) is 4.98. The van der Waals surface area contributed by atoms with Crippen LogP contribution in [0, 0.1) is 10.1 Å². The van der Waals surface area contributed by atoms with Crippen LogP contribution in [0.15, 0.2) is 53.4 Å². The average Bonchev–Trinajstić information content (AvgIpc) is 3.02. The standard InChI is InChI=1S/C20H22ClN3O5S/c21-18-11-10-17(14-19(18)24(26)27)30(28,29)23(16-8-4-3-5-9-16)15-20(25)22-12-6-1-2-7-13-22/h3-5,8-11,14H,1-2,6-7,12-13,15H2. The number of sulfonamides is 1. The van der Waals surface area contributed by atoms with Crippen molar-refractivity contribution in [1.29, 1.82) is 0 Å². The van der Waals surface area contributed by atoms with Crippen molar-refractivity contribution in [2.24, 2.45) is 0 Å². The van der Waals surface area contributed by atoms with Crippen molar-refractivity contribution in [2.75, 3.05) is 23.9 Å². The molecule has 0 aliphatic carbocycles. The summed E-state index contributed by atoms with van der Waals surface area (Å²) in [7, 11) is -4.25. The number of carbonyl (C=O) groups excluding carboxylic acids is 1. The van der Waals surface area contributed by atoms with Crippen molar-refractivity contribution in [3.8, 4) is 0 Å². The molecule has 160 valence electrons. The molecule has 0 unspecified atom stereocenters. The Labute approximate surface area is 180 Å². The monoisotopic (exact) mass is 451 g/mol. The lowest BCUT2D eigenvalue weighted by molar-refractivity contribution is -0.384. The Morgan fingerprint density at radius 3 is 2.30 bits per heavy atom. The number of benzene rings is 2. The first-order chi connectivity index (χ1) is 14.3. The Morgan fingerprint density at radius 1 is 1.07 bits per heavy atom. The average molecular weight is 452 g/mol. The minimum atomic E-state index is -4.25. The van der Waals surface area contributed by atoms with Crippen molar-refractivity contribution in [1.82, 2.24) is 4.90 Å². The molecule has 3 rings (SSSR count). The topological polar surface area (TPSA) is 101 Å². The van der Waals surface area contributed by atoms with Gasteiger partial charge in [-0.25, -0.2) is 8.42 Å². The second-order valence-electron chi connectivity index (χ2n) is 7.01. The number of amides is 1. The smallest absolute Gasteiger partial charge is 0.289 e. The number of nitro groups is 1. The van der Waals surface area contributed by atoms with Gasteiger partial charge in [0.25, 0.3) is 15.7 Å². The molecular formula is C20H22ClN3O5S. The zero-order valence-corrected chi connectivity index (χ0v) is 17.8. The van der Waals surface area contributed by atoms with Gasteiger partial charge in [0, 0.05) is 19.2 Å². The number of nitro benzene ring substituents is 1. The zero-order valence-electron chi connectivity index (χ0n) is 16.2. The molecule has 1 saturated heterocycles. The van der Waals surface area contributed by atoms with Crippen molar-refractivity contribution in [3.63, 3.8) is 0 Å². The molecule has 0 atom stereocenters. The summed E-state index contributed by atoms with van der Waals surface area (Å²) in [6.07, 6.45) is 3.85. The lowest BCUT2D eigenvalue weighted by Gasteiger charge is -2.27. The largest absolute Gasteiger partial charge is 0.341 e. The number of halogens is 1. The van der Waals surface area contributed by atoms with Crippen LogP contribution < -0.4 is 4.31 Å². The van der Waals surface area contributed by atoms with Crippen LogP contribution in [0.5, 0.6) is 0 Å². The van der Waals surface area contributed by atoms with Crippen LogP contribution in [0.3, 0.4) is 0 Å². The molecule has 0 spiro atoms. The number of likely N-dealkylation sites (tertiary alicyclic amines) is 1. The van der Waals surface area contributed by atoms with Crippen molar-refractivity contribution in [2.45, 2.75) is 30.6 Å². The number of hydrogen-bond donors (Lipinski definition) is 0. The Bertz CT molecular complexity index is 1020. The second-order valence-corrected chi connectivity index (χ2v) is 9.28. The fraction of sp³-hybridized carbons (Fsp3) is 0.350. The van der Waals surface area contributed by atoms with Crippen LogP contribution in [0.1, 0.15) is 25.7 Å². The third-order valence-corrected chi connectivity index (χ3v) is 7.07. The summed E-state index contributed by atoms with van der Waals surface area (Å²) in [5, 5.41) is 11.0. The van der Waals surface area contributed by atoms with E-state index < -0.39 is 20.6 Å². The Balaban J connectivity index is 1.99. The van der Waals surface area contributed by atoms with Crippen LogP contribution in [0.4, 0.5) is 11.4 Å². The number of hydrogen-bond acceptors (Lipinski definition) is 5. The van der Waals surface area contributed by atoms with E-state index in [9.17, 15) is 23.3 Å². The van der Waals surface area contributed by atoms with E-state index in [1.54, 1.807) is 35.2 Å². The van der Waals surface area contributed by atoms with Gasteiger partial charge in [-0.05, 0) is 37.1 Å². The predicted octanol–water partition coefficient (Wildman–Crippen LogP) is 3.85. The van der Waals surface area contributed by atoms with Gasteiger partial charge in [0.1, 0.15) is 11.6 Å². The molecular weight excluding hydrogens is 430 g/mol. The lowest BCUT2D eigenvalue weighted by atomic mass is 10.2. The SMILES string of the molecule is O=C(CN(c1ccccc1)S(=O)(=O)c1ccc(Cl)c([N+](=O)[O-])c1)N1CCCCCC1. The molecule has 0 saturated carbocycles. The predicted molar refractivity (Wildman–Crippen MR) is 114 cm³/mol. The van der Waals surface area contributed by atoms with E-state index >= 15 is 0 Å². The molecule has 0 bridgehead atoms. The van der Waals surface area contributed by atoms with E-state index in [1.165, 1.54) is 12.1 Å². The van der Waals surface area contributed by atoms with Crippen LogP contribution in [0.25, 0.3) is 0 Å². The first-order valence-corrected chi connectivity index (χ1v) is 11.4. The van der Waals surface area contributed by atoms with Gasteiger partial charge in [0.05, 0.1) is 15.5 Å². The maximum atomic E-state index is 13.4. The Kier molecular flexibility index (Phi) is 6.94. The Morgan fingerprint density at radius 2 is 1.70 bits per heavy atom. The summed E-state index contributed by atoms with van der Waals surface area (Å²) >= 11 is 5.83. The lowest BCUT2D eigenvalue weighted by Crippen LogP contribution is -2.43. The van der Waals surface area contributed by atoms with Gasteiger partial charge in [-0.2, -0.15) is 0 Å². The summed E-state index contributed by atoms with van der Waals surface area (Å²) in [5.74, 6) is -0.298. The van der Waals surface area contributed by atoms with Crippen LogP contribution in [-0.4, -0.2) is 43.8 Å². The highest BCUT2D eigenvalue weighted by Gasteiger charge is 2.31. The molecule has 10 heteroatoms. The molecule has 1 heterocycles. The molecule has 2 aromatic rings.